The number of aliphatic carboxylic acids is 2. The number of carbonyl (C=O) groups is 2. The number of benzene rings is 2. The Hall–Kier alpha value is -2.61. The van der Waals surface area contributed by atoms with Gasteiger partial charge < -0.3 is 20.0 Å². The first-order valence-electron chi connectivity index (χ1n) is 7.98. The van der Waals surface area contributed by atoms with Crippen LogP contribution in [0.15, 0.2) is 48.5 Å². The highest BCUT2D eigenvalue weighted by Crippen LogP contribution is 2.59. The van der Waals surface area contributed by atoms with E-state index in [4.69, 9.17) is 20.0 Å². The van der Waals surface area contributed by atoms with Crippen molar-refractivity contribution in [3.8, 4) is 0 Å². The lowest BCUT2D eigenvalue weighted by Gasteiger charge is -2.20. The molecule has 4 N–H and O–H groups in total. The Morgan fingerprint density at radius 2 is 1.54 bits per heavy atom. The minimum Gasteiger partial charge on any atom is -0.481 e. The van der Waals surface area contributed by atoms with Gasteiger partial charge in [-0.05, 0) is 35.6 Å². The molecule has 0 unspecified atom stereocenters. The van der Waals surface area contributed by atoms with E-state index < -0.39 is 43.1 Å². The molecule has 10 heteroatoms. The molecule has 0 amide bonds. The third-order valence-corrected chi connectivity index (χ3v) is 5.17. The third kappa shape index (κ3) is 4.81. The molecule has 0 heterocycles. The van der Waals surface area contributed by atoms with Gasteiger partial charge in [0, 0.05) is 5.56 Å². The Balaban J connectivity index is 2.54. The first-order valence-corrected chi connectivity index (χ1v) is 9.60. The van der Waals surface area contributed by atoms with Crippen LogP contribution >= 0.6 is 7.60 Å². The molecule has 0 bridgehead atoms. The quantitative estimate of drug-likeness (QED) is 0.386. The summed E-state index contributed by atoms with van der Waals surface area (Å²) < 4.78 is 39.3. The van der Waals surface area contributed by atoms with Crippen LogP contribution in [0, 0.1) is 5.92 Å². The molecule has 0 aliphatic heterocycles. The summed E-state index contributed by atoms with van der Waals surface area (Å²) in [4.78, 5) is 40.2. The summed E-state index contributed by atoms with van der Waals surface area (Å²) in [7, 11) is -5.79. The summed E-state index contributed by atoms with van der Waals surface area (Å²) in [5, 5.41) is 18.1. The molecule has 2 aromatic rings. The Bertz CT molecular complexity index is 911. The average Bonchev–Trinajstić information content (AvgIpc) is 2.59. The van der Waals surface area contributed by atoms with Crippen LogP contribution in [-0.2, 0) is 32.7 Å². The zero-order valence-electron chi connectivity index (χ0n) is 14.3. The Kier molecular flexibility index (Phi) is 6.34. The number of alkyl halides is 2. The fourth-order valence-electron chi connectivity index (χ4n) is 2.66. The van der Waals surface area contributed by atoms with Crippen molar-refractivity contribution < 1.29 is 42.9 Å². The summed E-state index contributed by atoms with van der Waals surface area (Å²) in [6.07, 6.45) is -0.415. The van der Waals surface area contributed by atoms with E-state index in [1.807, 2.05) is 0 Å². The van der Waals surface area contributed by atoms with E-state index in [2.05, 4.69) is 0 Å². The van der Waals surface area contributed by atoms with Crippen LogP contribution in [0.5, 0.6) is 0 Å². The summed E-state index contributed by atoms with van der Waals surface area (Å²) in [5.41, 5.74) is -4.36. The van der Waals surface area contributed by atoms with E-state index in [0.29, 0.717) is 5.56 Å². The molecule has 0 radical (unpaired) electrons. The van der Waals surface area contributed by atoms with Crippen LogP contribution in [0.25, 0.3) is 0 Å². The van der Waals surface area contributed by atoms with Gasteiger partial charge in [0.05, 0.1) is 0 Å². The van der Waals surface area contributed by atoms with Gasteiger partial charge in [0.15, 0.2) is 5.92 Å². The van der Waals surface area contributed by atoms with E-state index in [1.165, 1.54) is 0 Å². The van der Waals surface area contributed by atoms with Gasteiger partial charge in [0.2, 0.25) is 0 Å². The van der Waals surface area contributed by atoms with Gasteiger partial charge >= 0.3 is 25.2 Å². The van der Waals surface area contributed by atoms with Crippen molar-refractivity contribution in [2.24, 2.45) is 5.92 Å². The lowest BCUT2D eigenvalue weighted by Crippen LogP contribution is -2.26. The van der Waals surface area contributed by atoms with Crippen molar-refractivity contribution in [1.82, 2.24) is 0 Å². The summed E-state index contributed by atoms with van der Waals surface area (Å²) >= 11 is 0. The molecule has 28 heavy (non-hydrogen) atoms. The molecule has 0 aliphatic carbocycles. The molecule has 0 saturated carbocycles. The van der Waals surface area contributed by atoms with Gasteiger partial charge in [-0.3, -0.25) is 14.2 Å². The second-order valence-electron chi connectivity index (χ2n) is 6.16. The smallest absolute Gasteiger partial charge is 0.399 e. The Labute approximate surface area is 158 Å². The van der Waals surface area contributed by atoms with Crippen LogP contribution in [0.4, 0.5) is 8.78 Å². The number of rotatable bonds is 8. The molecule has 2 rings (SSSR count). The summed E-state index contributed by atoms with van der Waals surface area (Å²) in [6, 6.07) is 11.2. The van der Waals surface area contributed by atoms with Crippen molar-refractivity contribution >= 4 is 19.5 Å². The molecular weight excluding hydrogens is 397 g/mol. The molecule has 0 atom stereocenters. The number of carboxylic acids is 2. The lowest BCUT2D eigenvalue weighted by atomic mass is 9.91. The van der Waals surface area contributed by atoms with Crippen LogP contribution in [0.2, 0.25) is 0 Å². The minimum atomic E-state index is -5.79. The van der Waals surface area contributed by atoms with Crippen molar-refractivity contribution in [3.63, 3.8) is 0 Å². The predicted octanol–water partition coefficient (Wildman–Crippen LogP) is 2.83. The van der Waals surface area contributed by atoms with Crippen LogP contribution in [0.1, 0.15) is 22.3 Å². The minimum absolute atomic E-state index is 0.0488. The van der Waals surface area contributed by atoms with Gasteiger partial charge in [-0.1, -0.05) is 42.5 Å². The third-order valence-electron chi connectivity index (χ3n) is 4.18. The molecule has 150 valence electrons. The first kappa shape index (κ1) is 21.7. The summed E-state index contributed by atoms with van der Waals surface area (Å²) in [5.74, 6) is -4.95. The normalized spacial score (nSPS) is 12.2. The van der Waals surface area contributed by atoms with Crippen molar-refractivity contribution in [2.75, 3.05) is 0 Å². The van der Waals surface area contributed by atoms with E-state index in [0.717, 1.165) is 18.2 Å². The molecule has 7 nitrogen and oxygen atoms in total. The van der Waals surface area contributed by atoms with Gasteiger partial charge in [0.1, 0.15) is 0 Å². The highest BCUT2D eigenvalue weighted by molar-refractivity contribution is 7.52. The topological polar surface area (TPSA) is 132 Å². The van der Waals surface area contributed by atoms with Crippen LogP contribution < -0.4 is 0 Å². The maximum Gasteiger partial charge on any atom is 0.399 e. The fourth-order valence-corrected chi connectivity index (χ4v) is 3.14. The van der Waals surface area contributed by atoms with Crippen molar-refractivity contribution in [3.05, 3.63) is 70.8 Å². The molecule has 0 fully saturated rings. The maximum atomic E-state index is 14.1. The van der Waals surface area contributed by atoms with Gasteiger partial charge in [-0.25, -0.2) is 0 Å². The molecule has 0 aromatic heterocycles. The zero-order chi connectivity index (χ0) is 21.1. The molecule has 2 aromatic carbocycles. The van der Waals surface area contributed by atoms with E-state index >= 15 is 0 Å². The Morgan fingerprint density at radius 3 is 2.04 bits per heavy atom. The molecule has 0 aliphatic rings. The predicted molar refractivity (Wildman–Crippen MR) is 94.1 cm³/mol. The average molecular weight is 414 g/mol. The maximum absolute atomic E-state index is 14.1. The van der Waals surface area contributed by atoms with Gasteiger partial charge in [-0.2, -0.15) is 8.78 Å². The van der Waals surface area contributed by atoms with Gasteiger partial charge in [-0.15, -0.1) is 0 Å². The SMILES string of the molecule is O=C(O)C(Cc1ccc(C(F)(F)P(=O)(O)O)cc1Cc1ccccc1)C(=O)O. The van der Waals surface area contributed by atoms with Gasteiger partial charge in [0.25, 0.3) is 0 Å². The second-order valence-corrected chi connectivity index (χ2v) is 7.81. The van der Waals surface area contributed by atoms with E-state index in [9.17, 15) is 22.9 Å². The fraction of sp³-hybridized carbons (Fsp3) is 0.222. The molecular formula is C18H17F2O7P. The highest BCUT2D eigenvalue weighted by atomic mass is 31.2. The molecule has 0 spiro atoms. The highest BCUT2D eigenvalue weighted by Gasteiger charge is 2.50. The standard InChI is InChI=1S/C18H17F2O7P/c19-18(20,28(25,26)27)14-7-6-12(10-15(16(21)22)17(23)24)13(9-14)8-11-4-2-1-3-5-11/h1-7,9,15H,8,10H2,(H,21,22)(H,23,24)(H2,25,26,27). The molecule has 0 saturated heterocycles. The largest absolute Gasteiger partial charge is 0.481 e. The zero-order valence-corrected chi connectivity index (χ0v) is 15.2. The number of hydrogen-bond acceptors (Lipinski definition) is 3. The first-order chi connectivity index (χ1) is 12.9. The number of carboxylic acid groups (broad SMARTS) is 2. The summed E-state index contributed by atoms with van der Waals surface area (Å²) in [6.45, 7) is 0. The van der Waals surface area contributed by atoms with Crippen LogP contribution in [0.3, 0.4) is 0 Å². The second kappa shape index (κ2) is 8.18. The lowest BCUT2D eigenvalue weighted by molar-refractivity contribution is -0.154. The van der Waals surface area contributed by atoms with Crippen molar-refractivity contribution in [2.45, 2.75) is 18.5 Å². The van der Waals surface area contributed by atoms with E-state index in [1.54, 1.807) is 30.3 Å². The number of hydrogen-bond donors (Lipinski definition) is 4. The van der Waals surface area contributed by atoms with E-state index in [-0.39, 0.29) is 17.5 Å². The monoisotopic (exact) mass is 414 g/mol. The van der Waals surface area contributed by atoms with Crippen molar-refractivity contribution in [1.29, 1.82) is 0 Å². The van der Waals surface area contributed by atoms with Crippen LogP contribution in [-0.4, -0.2) is 31.9 Å². The number of halogens is 2. The Morgan fingerprint density at radius 1 is 0.964 bits per heavy atom.